The Balaban J connectivity index is 1.60. The van der Waals surface area contributed by atoms with Crippen molar-refractivity contribution in [3.63, 3.8) is 0 Å². The molecular weight excluding hydrogens is 386 g/mol. The van der Waals surface area contributed by atoms with Crippen molar-refractivity contribution in [2.75, 3.05) is 18.5 Å². The molecule has 8 heteroatoms. The minimum Gasteiger partial charge on any atom is -0.482 e. The smallest absolute Gasteiger partial charge is 0.350 e. The Labute approximate surface area is 166 Å². The molecule has 28 heavy (non-hydrogen) atoms. The van der Waals surface area contributed by atoms with E-state index in [0.29, 0.717) is 22.2 Å². The summed E-state index contributed by atoms with van der Waals surface area (Å²) in [6.45, 7) is 2.56. The molecule has 146 valence electrons. The normalized spacial score (nSPS) is 13.0. The number of amides is 1. The second-order valence-corrected chi connectivity index (χ2v) is 7.05. The molecule has 0 saturated carbocycles. The van der Waals surface area contributed by atoms with Gasteiger partial charge in [-0.2, -0.15) is 0 Å². The molecule has 3 rings (SSSR count). The van der Waals surface area contributed by atoms with E-state index in [0.717, 1.165) is 0 Å². The van der Waals surface area contributed by atoms with Crippen LogP contribution >= 0.6 is 11.6 Å². The topological polar surface area (TPSA) is 90.9 Å². The van der Waals surface area contributed by atoms with Gasteiger partial charge in [0.25, 0.3) is 5.91 Å². The summed E-state index contributed by atoms with van der Waals surface area (Å²) in [6, 6.07) is 11.1. The lowest BCUT2D eigenvalue weighted by Gasteiger charge is -2.24. The van der Waals surface area contributed by atoms with E-state index < -0.39 is 24.0 Å². The Bertz CT molecular complexity index is 923. The molecule has 0 fully saturated rings. The van der Waals surface area contributed by atoms with Crippen molar-refractivity contribution in [3.8, 4) is 11.5 Å². The lowest BCUT2D eigenvalue weighted by molar-refractivity contribution is -0.158. The molecule has 0 bridgehead atoms. The van der Waals surface area contributed by atoms with Crippen molar-refractivity contribution in [1.29, 1.82) is 0 Å². The highest BCUT2D eigenvalue weighted by molar-refractivity contribution is 6.30. The summed E-state index contributed by atoms with van der Waals surface area (Å²) in [6.07, 6.45) is 0. The number of hydrogen-bond donors (Lipinski definition) is 1. The fourth-order valence-corrected chi connectivity index (χ4v) is 2.61. The zero-order valence-corrected chi connectivity index (χ0v) is 16.0. The van der Waals surface area contributed by atoms with Gasteiger partial charge < -0.3 is 19.5 Å². The summed E-state index contributed by atoms with van der Waals surface area (Å²) in [5, 5.41) is 3.17. The van der Waals surface area contributed by atoms with Gasteiger partial charge in [-0.3, -0.25) is 9.59 Å². The zero-order valence-electron chi connectivity index (χ0n) is 15.3. The van der Waals surface area contributed by atoms with Crippen LogP contribution in [0.25, 0.3) is 0 Å². The quantitative estimate of drug-likeness (QED) is 0.588. The standard InChI is InChI=1S/C20H18ClNO6/c1-20(2,28-14-6-4-13(21)5-7-14)19(25)27-10-16(23)12-3-8-17-15(9-12)22-18(24)11-26-17/h3-9H,10-11H2,1-2H3,(H,22,24). The van der Waals surface area contributed by atoms with Gasteiger partial charge in [0.1, 0.15) is 11.5 Å². The number of Topliss-reactive ketones (excluding diaryl/α,β-unsaturated/α-hetero) is 1. The van der Waals surface area contributed by atoms with Crippen molar-refractivity contribution >= 4 is 34.9 Å². The first-order valence-electron chi connectivity index (χ1n) is 8.46. The highest BCUT2D eigenvalue weighted by atomic mass is 35.5. The molecule has 0 atom stereocenters. The number of esters is 1. The summed E-state index contributed by atoms with van der Waals surface area (Å²) >= 11 is 5.82. The lowest BCUT2D eigenvalue weighted by Crippen LogP contribution is -2.40. The van der Waals surface area contributed by atoms with Crippen LogP contribution in [0.15, 0.2) is 42.5 Å². The van der Waals surface area contributed by atoms with Crippen molar-refractivity contribution in [1.82, 2.24) is 0 Å². The fraction of sp³-hybridized carbons (Fsp3) is 0.250. The average Bonchev–Trinajstić information content (AvgIpc) is 2.66. The third kappa shape index (κ3) is 4.61. The summed E-state index contributed by atoms with van der Waals surface area (Å²) < 4.78 is 16.0. The van der Waals surface area contributed by atoms with E-state index in [-0.39, 0.29) is 18.1 Å². The third-order valence-electron chi connectivity index (χ3n) is 3.95. The van der Waals surface area contributed by atoms with Crippen molar-refractivity contribution < 1.29 is 28.6 Å². The first-order valence-corrected chi connectivity index (χ1v) is 8.84. The van der Waals surface area contributed by atoms with Crippen LogP contribution in [0.3, 0.4) is 0 Å². The lowest BCUT2D eigenvalue weighted by atomic mass is 10.1. The van der Waals surface area contributed by atoms with E-state index in [4.69, 9.17) is 25.8 Å². The Morgan fingerprint density at radius 1 is 1.18 bits per heavy atom. The third-order valence-corrected chi connectivity index (χ3v) is 4.20. The monoisotopic (exact) mass is 403 g/mol. The number of carbonyl (C=O) groups excluding carboxylic acids is 3. The Morgan fingerprint density at radius 2 is 1.89 bits per heavy atom. The van der Waals surface area contributed by atoms with E-state index in [1.54, 1.807) is 50.2 Å². The van der Waals surface area contributed by atoms with Gasteiger partial charge in [-0.15, -0.1) is 0 Å². The van der Waals surface area contributed by atoms with Crippen LogP contribution < -0.4 is 14.8 Å². The maximum atomic E-state index is 12.4. The van der Waals surface area contributed by atoms with E-state index in [9.17, 15) is 14.4 Å². The number of ketones is 1. The number of nitrogens with one attached hydrogen (secondary N) is 1. The van der Waals surface area contributed by atoms with Gasteiger partial charge in [0.05, 0.1) is 5.69 Å². The number of benzene rings is 2. The average molecular weight is 404 g/mol. The van der Waals surface area contributed by atoms with Crippen LogP contribution in [-0.4, -0.2) is 36.5 Å². The summed E-state index contributed by atoms with van der Waals surface area (Å²) in [5.74, 6) is -0.484. The Hall–Kier alpha value is -3.06. The van der Waals surface area contributed by atoms with Crippen LogP contribution in [-0.2, 0) is 14.3 Å². The molecule has 1 aliphatic heterocycles. The van der Waals surface area contributed by atoms with E-state index in [1.165, 1.54) is 6.07 Å². The molecule has 2 aromatic rings. The number of halogens is 1. The number of anilines is 1. The van der Waals surface area contributed by atoms with Gasteiger partial charge in [0, 0.05) is 10.6 Å². The number of carbonyl (C=O) groups is 3. The highest BCUT2D eigenvalue weighted by Crippen LogP contribution is 2.28. The number of fused-ring (bicyclic) bond motifs is 1. The van der Waals surface area contributed by atoms with Crippen LogP contribution in [0.2, 0.25) is 5.02 Å². The molecule has 2 aromatic carbocycles. The van der Waals surface area contributed by atoms with Crippen molar-refractivity contribution in [2.45, 2.75) is 19.4 Å². The molecule has 0 aromatic heterocycles. The van der Waals surface area contributed by atoms with E-state index in [1.807, 2.05) is 0 Å². The van der Waals surface area contributed by atoms with Gasteiger partial charge in [0.2, 0.25) is 0 Å². The number of ether oxygens (including phenoxy) is 3. The van der Waals surface area contributed by atoms with Crippen molar-refractivity contribution in [2.24, 2.45) is 0 Å². The largest absolute Gasteiger partial charge is 0.482 e. The predicted molar refractivity (Wildman–Crippen MR) is 102 cm³/mol. The summed E-state index contributed by atoms with van der Waals surface area (Å²) in [7, 11) is 0. The predicted octanol–water partition coefficient (Wildman–Crippen LogP) is 3.25. The SMILES string of the molecule is CC(C)(Oc1ccc(Cl)cc1)C(=O)OCC(=O)c1ccc2c(c1)NC(=O)CO2. The fourth-order valence-electron chi connectivity index (χ4n) is 2.48. The molecule has 1 aliphatic rings. The number of hydrogen-bond acceptors (Lipinski definition) is 6. The Morgan fingerprint density at radius 3 is 2.61 bits per heavy atom. The second-order valence-electron chi connectivity index (χ2n) is 6.61. The molecule has 0 spiro atoms. The molecular formula is C20H18ClNO6. The first-order chi connectivity index (χ1) is 13.2. The minimum atomic E-state index is -1.30. The zero-order chi connectivity index (χ0) is 20.3. The van der Waals surface area contributed by atoms with Gasteiger partial charge in [-0.05, 0) is 56.3 Å². The molecule has 7 nitrogen and oxygen atoms in total. The Kier molecular flexibility index (Phi) is 5.56. The van der Waals surface area contributed by atoms with Crippen molar-refractivity contribution in [3.05, 3.63) is 53.1 Å². The molecule has 1 N–H and O–H groups in total. The maximum absolute atomic E-state index is 12.4. The second kappa shape index (κ2) is 7.90. The highest BCUT2D eigenvalue weighted by Gasteiger charge is 2.32. The van der Waals surface area contributed by atoms with E-state index in [2.05, 4.69) is 5.32 Å². The molecule has 1 amide bonds. The van der Waals surface area contributed by atoms with Gasteiger partial charge in [-0.1, -0.05) is 11.6 Å². The molecule has 0 unspecified atom stereocenters. The van der Waals surface area contributed by atoms with Gasteiger partial charge in [0.15, 0.2) is 24.6 Å². The van der Waals surface area contributed by atoms with Crippen LogP contribution in [0, 0.1) is 0 Å². The van der Waals surface area contributed by atoms with Crippen LogP contribution in [0.4, 0.5) is 5.69 Å². The van der Waals surface area contributed by atoms with Gasteiger partial charge >= 0.3 is 5.97 Å². The van der Waals surface area contributed by atoms with Crippen LogP contribution in [0.5, 0.6) is 11.5 Å². The summed E-state index contributed by atoms with van der Waals surface area (Å²) in [4.78, 5) is 36.1. The van der Waals surface area contributed by atoms with E-state index >= 15 is 0 Å². The van der Waals surface area contributed by atoms with Crippen LogP contribution in [0.1, 0.15) is 24.2 Å². The first kappa shape index (κ1) is 19.7. The molecule has 0 aliphatic carbocycles. The minimum absolute atomic E-state index is 0.0688. The number of rotatable bonds is 6. The molecule has 0 radical (unpaired) electrons. The molecule has 1 heterocycles. The molecule has 0 saturated heterocycles. The van der Waals surface area contributed by atoms with Gasteiger partial charge in [-0.25, -0.2) is 4.79 Å². The summed E-state index contributed by atoms with van der Waals surface area (Å²) in [5.41, 5.74) is -0.611. The maximum Gasteiger partial charge on any atom is 0.350 e.